The zero-order valence-corrected chi connectivity index (χ0v) is 18.0. The number of rotatable bonds is 1. The molecule has 4 N–H and O–H groups in total. The van der Waals surface area contributed by atoms with Crippen molar-refractivity contribution >= 4 is 45.0 Å². The number of hydrogen-bond acceptors (Lipinski definition) is 6. The van der Waals surface area contributed by atoms with Crippen molar-refractivity contribution in [1.82, 2.24) is 39.9 Å². The molecule has 12 nitrogen and oxygen atoms in total. The zero-order valence-electron chi connectivity index (χ0n) is 18.0. The van der Waals surface area contributed by atoms with Crippen molar-refractivity contribution in [3.63, 3.8) is 0 Å². The highest BCUT2D eigenvalue weighted by Crippen LogP contribution is 2.27. The molecular weight excluding hydrogens is 456 g/mol. The maximum atomic E-state index is 9.23. The first-order chi connectivity index (χ1) is 17.6. The fourth-order valence-corrected chi connectivity index (χ4v) is 3.87. The van der Waals surface area contributed by atoms with Crippen molar-refractivity contribution in [2.45, 2.75) is 0 Å². The van der Waals surface area contributed by atoms with Gasteiger partial charge in [0.15, 0.2) is 22.7 Å². The van der Waals surface area contributed by atoms with Crippen LogP contribution < -0.4 is 0 Å². The highest BCUT2D eigenvalue weighted by molar-refractivity contribution is 5.88. The molecule has 0 bridgehead atoms. The van der Waals surface area contributed by atoms with Gasteiger partial charge in [0.25, 0.3) is 0 Å². The summed E-state index contributed by atoms with van der Waals surface area (Å²) >= 11 is 0. The van der Waals surface area contributed by atoms with E-state index in [2.05, 4.69) is 49.6 Å². The summed E-state index contributed by atoms with van der Waals surface area (Å²) in [4.78, 5) is 36.3. The van der Waals surface area contributed by atoms with Crippen LogP contribution in [0.4, 0.5) is 11.6 Å². The van der Waals surface area contributed by atoms with Crippen LogP contribution in [0.3, 0.4) is 0 Å². The highest BCUT2D eigenvalue weighted by atomic mass is 15.1. The number of benzene rings is 2. The Hall–Kier alpha value is -6.24. The average Bonchev–Trinajstić information content (AvgIpc) is 2.92. The third-order valence-electron chi connectivity index (χ3n) is 5.56. The Morgan fingerprint density at radius 3 is 1.81 bits per heavy atom. The first kappa shape index (κ1) is 20.4. The molecule has 0 spiro atoms. The molecule has 166 valence electrons. The summed E-state index contributed by atoms with van der Waals surface area (Å²) in [5.41, 5.74) is 5.76. The third kappa shape index (κ3) is 3.12. The Kier molecular flexibility index (Phi) is 4.34. The molecule has 2 aliphatic heterocycles. The number of nitriles is 2. The second kappa shape index (κ2) is 7.67. The molecule has 0 aliphatic carbocycles. The minimum Gasteiger partial charge on any atom is -0.373 e. The summed E-state index contributed by atoms with van der Waals surface area (Å²) in [5, 5.41) is 18.4. The summed E-state index contributed by atoms with van der Waals surface area (Å²) in [6.07, 6.45) is 0. The Bertz CT molecular complexity index is 2160. The zero-order chi connectivity index (χ0) is 24.8. The lowest BCUT2D eigenvalue weighted by atomic mass is 10.0. The van der Waals surface area contributed by atoms with Crippen molar-refractivity contribution in [2.75, 3.05) is 0 Å². The number of H-pyrrole nitrogens is 4. The van der Waals surface area contributed by atoms with Crippen LogP contribution in [0.1, 0.15) is 11.4 Å². The lowest BCUT2D eigenvalue weighted by Gasteiger charge is -2.07. The fourth-order valence-electron chi connectivity index (χ4n) is 3.87. The van der Waals surface area contributed by atoms with Gasteiger partial charge < -0.3 is 19.7 Å². The van der Waals surface area contributed by atoms with Gasteiger partial charge in [-0.25, -0.2) is 19.9 Å². The van der Waals surface area contributed by atoms with Gasteiger partial charge in [0.2, 0.25) is 22.6 Å². The first-order valence-electron chi connectivity index (χ1n) is 10.4. The van der Waals surface area contributed by atoms with E-state index in [1.165, 1.54) is 0 Å². The maximum absolute atomic E-state index is 9.23. The second-order valence-corrected chi connectivity index (χ2v) is 7.65. The molecule has 0 saturated carbocycles. The van der Waals surface area contributed by atoms with Crippen LogP contribution in [0, 0.1) is 46.8 Å². The molecule has 2 aromatic carbocycles. The standard InChI is InChI=1S/C24H10N12/c1-27-19-20(28-2)36-24-23(35-19)30-14-6-4-12(8-16(14)32-24)11-3-5-13-15(7-11)31-22-21(29-13)33-17(9-25)18(10-26)34-22/h3-8,30,32,35-36H. The molecule has 0 amide bonds. The van der Waals surface area contributed by atoms with Gasteiger partial charge in [-0.05, 0) is 35.4 Å². The van der Waals surface area contributed by atoms with Crippen LogP contribution >= 0.6 is 0 Å². The van der Waals surface area contributed by atoms with Crippen LogP contribution in [0.15, 0.2) is 36.4 Å². The monoisotopic (exact) mass is 466 g/mol. The first-order valence-corrected chi connectivity index (χ1v) is 10.4. The Balaban J connectivity index is 1.50. The number of aromatic nitrogens is 8. The predicted molar refractivity (Wildman–Crippen MR) is 128 cm³/mol. The van der Waals surface area contributed by atoms with E-state index in [4.69, 9.17) is 13.1 Å². The Morgan fingerprint density at radius 2 is 1.19 bits per heavy atom. The molecular formula is C24H10N12. The van der Waals surface area contributed by atoms with Crippen molar-refractivity contribution in [3.8, 4) is 23.3 Å². The summed E-state index contributed by atoms with van der Waals surface area (Å²) in [6, 6.07) is 15.1. The predicted octanol–water partition coefficient (Wildman–Crippen LogP) is 4.40. The van der Waals surface area contributed by atoms with Gasteiger partial charge in [0.05, 0.1) is 22.1 Å². The second-order valence-electron chi connectivity index (χ2n) is 7.65. The topological polar surface area (TPSA) is 171 Å². The molecule has 2 aromatic heterocycles. The van der Waals surface area contributed by atoms with Crippen molar-refractivity contribution < 1.29 is 0 Å². The van der Waals surface area contributed by atoms with E-state index in [0.29, 0.717) is 22.0 Å². The molecule has 0 fully saturated rings. The summed E-state index contributed by atoms with van der Waals surface area (Å²) in [5.74, 6) is 0.237. The summed E-state index contributed by atoms with van der Waals surface area (Å²) in [7, 11) is 0. The van der Waals surface area contributed by atoms with Crippen molar-refractivity contribution in [2.24, 2.45) is 0 Å². The molecule has 12 heteroatoms. The van der Waals surface area contributed by atoms with Gasteiger partial charge in [-0.1, -0.05) is 25.3 Å². The number of aromatic amines is 4. The minimum atomic E-state index is -0.0951. The Morgan fingerprint density at radius 1 is 0.639 bits per heavy atom. The summed E-state index contributed by atoms with van der Waals surface area (Å²) < 4.78 is 0. The van der Waals surface area contributed by atoms with Gasteiger partial charge in [-0.2, -0.15) is 10.5 Å². The minimum absolute atomic E-state index is 0.0873. The van der Waals surface area contributed by atoms with Crippen LogP contribution in [-0.2, 0) is 0 Å². The highest BCUT2D eigenvalue weighted by Gasteiger charge is 2.12. The molecule has 36 heavy (non-hydrogen) atoms. The van der Waals surface area contributed by atoms with E-state index in [0.717, 1.165) is 22.2 Å². The number of nitrogens with zero attached hydrogens (tertiary/aromatic N) is 8. The smallest absolute Gasteiger partial charge is 0.249 e. The largest absolute Gasteiger partial charge is 0.373 e. The van der Waals surface area contributed by atoms with Crippen molar-refractivity contribution in [1.29, 1.82) is 10.5 Å². The quantitative estimate of drug-likeness (QED) is 0.207. The molecule has 0 radical (unpaired) electrons. The maximum Gasteiger partial charge on any atom is 0.249 e. The average molecular weight is 466 g/mol. The van der Waals surface area contributed by atoms with Crippen molar-refractivity contribution in [3.05, 3.63) is 81.6 Å². The third-order valence-corrected chi connectivity index (χ3v) is 5.56. The number of fused-ring (bicyclic) bond motifs is 3. The number of hydrogen-bond donors (Lipinski definition) is 4. The van der Waals surface area contributed by atoms with E-state index in [1.54, 1.807) is 6.07 Å². The summed E-state index contributed by atoms with van der Waals surface area (Å²) in [6.45, 7) is 14.5. The molecule has 2 aliphatic rings. The molecule has 0 saturated heterocycles. The normalized spacial score (nSPS) is 10.7. The number of nitrogens with one attached hydrogen (secondary N) is 4. The molecule has 0 atom stereocenters. The van der Waals surface area contributed by atoms with Gasteiger partial charge in [-0.3, -0.25) is 9.97 Å². The van der Waals surface area contributed by atoms with E-state index in [-0.39, 0.29) is 34.3 Å². The van der Waals surface area contributed by atoms with Gasteiger partial charge >= 0.3 is 0 Å². The molecule has 0 unspecified atom stereocenters. The van der Waals surface area contributed by atoms with Gasteiger partial charge in [0.1, 0.15) is 12.1 Å². The SMILES string of the molecule is [C-]#[N+]c1[nH]c2[nH]c3ccc(-c4ccc5nc6nc(C#N)c(C#N)nc6nc5c4)cc3[nH]c=2[nH]c1[N+]#[C-]. The van der Waals surface area contributed by atoms with E-state index in [9.17, 15) is 10.5 Å². The van der Waals surface area contributed by atoms with E-state index < -0.39 is 0 Å². The molecule has 6 rings (SSSR count). The van der Waals surface area contributed by atoms with Crippen LogP contribution in [0.25, 0.3) is 54.2 Å². The molecule has 4 heterocycles. The van der Waals surface area contributed by atoms with Crippen LogP contribution in [-0.4, -0.2) is 39.9 Å². The lowest BCUT2D eigenvalue weighted by Crippen LogP contribution is -2.00. The van der Waals surface area contributed by atoms with Gasteiger partial charge in [-0.15, -0.1) is 0 Å². The van der Waals surface area contributed by atoms with Crippen LogP contribution in [0.2, 0.25) is 0 Å². The van der Waals surface area contributed by atoms with E-state index in [1.807, 2.05) is 42.5 Å². The van der Waals surface area contributed by atoms with Gasteiger partial charge in [0, 0.05) is 0 Å². The molecule has 4 aromatic rings. The Labute approximate surface area is 200 Å². The van der Waals surface area contributed by atoms with E-state index >= 15 is 0 Å². The van der Waals surface area contributed by atoms with Crippen LogP contribution in [0.5, 0.6) is 0 Å². The lowest BCUT2D eigenvalue weighted by molar-refractivity contribution is 0.998. The fraction of sp³-hybridized carbons (Fsp3) is 0.